The highest BCUT2D eigenvalue weighted by Gasteiger charge is 2.19. The van der Waals surface area contributed by atoms with Gasteiger partial charge in [-0.1, -0.05) is 42.5 Å². The van der Waals surface area contributed by atoms with Crippen LogP contribution in [0.1, 0.15) is 11.1 Å². The minimum absolute atomic E-state index is 0.0407. The van der Waals surface area contributed by atoms with Gasteiger partial charge in [0.2, 0.25) is 0 Å². The lowest BCUT2D eigenvalue weighted by atomic mass is 10.0. The molecule has 1 fully saturated rings. The van der Waals surface area contributed by atoms with Crippen LogP contribution >= 0.6 is 0 Å². The molecule has 3 aromatic rings. The van der Waals surface area contributed by atoms with Crippen molar-refractivity contribution in [3.8, 4) is 11.5 Å². The SMILES string of the molecule is Oc1ccc(C=NN2CC[NH+](Cc3cccc4ccccc34)CC2)c(O)c1. The average molecular weight is 362 g/mol. The zero-order chi connectivity index (χ0) is 18.6. The summed E-state index contributed by atoms with van der Waals surface area (Å²) in [5, 5.41) is 28.4. The summed E-state index contributed by atoms with van der Waals surface area (Å²) in [5.74, 6) is 0.0919. The van der Waals surface area contributed by atoms with Crippen molar-refractivity contribution in [3.05, 3.63) is 71.8 Å². The number of hydrazone groups is 1. The molecule has 1 saturated heterocycles. The predicted octanol–water partition coefficient (Wildman–Crippen LogP) is 1.99. The molecule has 0 bridgehead atoms. The quantitative estimate of drug-likeness (QED) is 0.622. The highest BCUT2D eigenvalue weighted by atomic mass is 16.3. The molecule has 0 saturated carbocycles. The monoisotopic (exact) mass is 362 g/mol. The standard InChI is InChI=1S/C22H23N3O2/c26-20-9-8-18(22(27)14-20)15-23-25-12-10-24(11-13-25)16-19-6-3-5-17-4-1-2-7-21(17)19/h1-9,14-15,26-27H,10-13,16H2/p+1. The molecule has 4 rings (SSSR count). The molecule has 0 aromatic heterocycles. The van der Waals surface area contributed by atoms with E-state index in [-0.39, 0.29) is 11.5 Å². The molecule has 1 heterocycles. The van der Waals surface area contributed by atoms with Crippen LogP contribution in [-0.4, -0.2) is 47.6 Å². The second-order valence-corrected chi connectivity index (χ2v) is 7.01. The lowest BCUT2D eigenvalue weighted by molar-refractivity contribution is -0.918. The summed E-state index contributed by atoms with van der Waals surface area (Å²) < 4.78 is 0. The van der Waals surface area contributed by atoms with E-state index in [0.717, 1.165) is 32.7 Å². The number of aromatic hydroxyl groups is 2. The Balaban J connectivity index is 1.37. The second-order valence-electron chi connectivity index (χ2n) is 7.01. The Kier molecular flexibility index (Phi) is 4.94. The number of hydrogen-bond donors (Lipinski definition) is 3. The molecule has 1 aliphatic heterocycles. The van der Waals surface area contributed by atoms with Crippen LogP contribution in [0.3, 0.4) is 0 Å². The van der Waals surface area contributed by atoms with Gasteiger partial charge in [0, 0.05) is 17.2 Å². The van der Waals surface area contributed by atoms with Gasteiger partial charge in [-0.25, -0.2) is 0 Å². The van der Waals surface area contributed by atoms with E-state index in [4.69, 9.17) is 0 Å². The summed E-state index contributed by atoms with van der Waals surface area (Å²) in [6.45, 7) is 4.85. The lowest BCUT2D eigenvalue weighted by Crippen LogP contribution is -3.13. The molecule has 3 aromatic carbocycles. The van der Waals surface area contributed by atoms with Crippen LogP contribution in [0.5, 0.6) is 11.5 Å². The summed E-state index contributed by atoms with van der Waals surface area (Å²) in [6, 6.07) is 19.6. The number of hydrogen-bond acceptors (Lipinski definition) is 4. The summed E-state index contributed by atoms with van der Waals surface area (Å²) >= 11 is 0. The van der Waals surface area contributed by atoms with Gasteiger partial charge in [-0.05, 0) is 22.9 Å². The number of nitrogens with one attached hydrogen (secondary N) is 1. The first-order chi connectivity index (χ1) is 13.2. The molecule has 0 amide bonds. The molecular formula is C22H24N3O2+. The number of piperazine rings is 1. The Labute approximate surface area is 158 Å². The van der Waals surface area contributed by atoms with Crippen molar-refractivity contribution in [1.82, 2.24) is 5.01 Å². The molecule has 0 spiro atoms. The van der Waals surface area contributed by atoms with E-state index >= 15 is 0 Å². The fraction of sp³-hybridized carbons (Fsp3) is 0.227. The van der Waals surface area contributed by atoms with Crippen molar-refractivity contribution < 1.29 is 15.1 Å². The third kappa shape index (κ3) is 4.04. The number of nitrogens with zero attached hydrogens (tertiary/aromatic N) is 2. The Bertz CT molecular complexity index is 957. The third-order valence-electron chi connectivity index (χ3n) is 5.14. The summed E-state index contributed by atoms with van der Waals surface area (Å²) in [5.41, 5.74) is 2.01. The molecule has 0 radical (unpaired) electrons. The van der Waals surface area contributed by atoms with Gasteiger partial charge in [-0.2, -0.15) is 5.10 Å². The van der Waals surface area contributed by atoms with Crippen molar-refractivity contribution in [3.63, 3.8) is 0 Å². The second kappa shape index (κ2) is 7.68. The van der Waals surface area contributed by atoms with Gasteiger partial charge in [-0.15, -0.1) is 0 Å². The molecular weight excluding hydrogens is 338 g/mol. The number of phenols is 2. The van der Waals surface area contributed by atoms with Gasteiger partial charge in [0.15, 0.2) is 0 Å². The zero-order valence-corrected chi connectivity index (χ0v) is 15.2. The maximum atomic E-state index is 9.84. The molecule has 1 aliphatic rings. The van der Waals surface area contributed by atoms with E-state index in [2.05, 4.69) is 47.6 Å². The van der Waals surface area contributed by atoms with Crippen molar-refractivity contribution in [1.29, 1.82) is 0 Å². The van der Waals surface area contributed by atoms with E-state index in [1.165, 1.54) is 22.4 Å². The van der Waals surface area contributed by atoms with Crippen LogP contribution in [-0.2, 0) is 6.54 Å². The average Bonchev–Trinajstić information content (AvgIpc) is 2.69. The van der Waals surface area contributed by atoms with Gasteiger partial charge in [0.1, 0.15) is 18.0 Å². The Morgan fingerprint density at radius 2 is 1.74 bits per heavy atom. The zero-order valence-electron chi connectivity index (χ0n) is 15.2. The first kappa shape index (κ1) is 17.4. The van der Waals surface area contributed by atoms with Gasteiger partial charge < -0.3 is 15.1 Å². The van der Waals surface area contributed by atoms with Crippen LogP contribution in [0.4, 0.5) is 0 Å². The summed E-state index contributed by atoms with van der Waals surface area (Å²) in [6.07, 6.45) is 1.66. The van der Waals surface area contributed by atoms with E-state index in [1.54, 1.807) is 23.2 Å². The largest absolute Gasteiger partial charge is 0.508 e. The molecule has 0 unspecified atom stereocenters. The maximum Gasteiger partial charge on any atom is 0.128 e. The Hall–Kier alpha value is -3.05. The molecule has 3 N–H and O–H groups in total. The van der Waals surface area contributed by atoms with Gasteiger partial charge in [0.05, 0.1) is 32.4 Å². The minimum atomic E-state index is 0.0407. The van der Waals surface area contributed by atoms with Gasteiger partial charge in [-0.3, -0.25) is 5.01 Å². The number of rotatable bonds is 4. The number of phenolic OH excluding ortho intramolecular Hbond substituents is 2. The van der Waals surface area contributed by atoms with Gasteiger partial charge >= 0.3 is 0 Å². The summed E-state index contributed by atoms with van der Waals surface area (Å²) in [7, 11) is 0. The third-order valence-corrected chi connectivity index (χ3v) is 5.14. The van der Waals surface area contributed by atoms with Crippen molar-refractivity contribution in [2.24, 2.45) is 5.10 Å². The molecule has 5 nitrogen and oxygen atoms in total. The molecule has 27 heavy (non-hydrogen) atoms. The van der Waals surface area contributed by atoms with E-state index in [1.807, 2.05) is 5.01 Å². The van der Waals surface area contributed by atoms with Crippen molar-refractivity contribution >= 4 is 17.0 Å². The predicted molar refractivity (Wildman–Crippen MR) is 107 cm³/mol. The smallest absolute Gasteiger partial charge is 0.128 e. The van der Waals surface area contributed by atoms with Gasteiger partial charge in [0.25, 0.3) is 0 Å². The van der Waals surface area contributed by atoms with Crippen molar-refractivity contribution in [2.75, 3.05) is 26.2 Å². The Morgan fingerprint density at radius 3 is 2.56 bits per heavy atom. The normalized spacial score (nSPS) is 15.6. The fourth-order valence-electron chi connectivity index (χ4n) is 3.60. The van der Waals surface area contributed by atoms with Crippen molar-refractivity contribution in [2.45, 2.75) is 6.54 Å². The van der Waals surface area contributed by atoms with Crippen LogP contribution in [0.25, 0.3) is 10.8 Å². The Morgan fingerprint density at radius 1 is 0.963 bits per heavy atom. The molecule has 0 atom stereocenters. The topological polar surface area (TPSA) is 60.5 Å². The first-order valence-corrected chi connectivity index (χ1v) is 9.30. The minimum Gasteiger partial charge on any atom is -0.508 e. The van der Waals surface area contributed by atoms with Crippen LogP contribution < -0.4 is 4.90 Å². The van der Waals surface area contributed by atoms with E-state index in [0.29, 0.717) is 5.56 Å². The number of benzene rings is 3. The number of quaternary nitrogens is 1. The number of fused-ring (bicyclic) bond motifs is 1. The lowest BCUT2D eigenvalue weighted by Gasteiger charge is -2.30. The maximum absolute atomic E-state index is 9.84. The highest BCUT2D eigenvalue weighted by Crippen LogP contribution is 2.21. The van der Waals surface area contributed by atoms with Crippen LogP contribution in [0.2, 0.25) is 0 Å². The molecule has 5 heteroatoms. The molecule has 138 valence electrons. The van der Waals surface area contributed by atoms with Crippen LogP contribution in [0, 0.1) is 0 Å². The van der Waals surface area contributed by atoms with E-state index < -0.39 is 0 Å². The van der Waals surface area contributed by atoms with Crippen LogP contribution in [0.15, 0.2) is 65.8 Å². The fourth-order valence-corrected chi connectivity index (χ4v) is 3.60. The first-order valence-electron chi connectivity index (χ1n) is 9.30. The summed E-state index contributed by atoms with van der Waals surface area (Å²) in [4.78, 5) is 1.56. The van der Waals surface area contributed by atoms with E-state index in [9.17, 15) is 10.2 Å². The molecule has 0 aliphatic carbocycles. The highest BCUT2D eigenvalue weighted by molar-refractivity contribution is 5.85.